The number of aromatic nitrogens is 1. The van der Waals surface area contributed by atoms with Crippen LogP contribution in [0, 0.1) is 19.8 Å². The Morgan fingerprint density at radius 1 is 1.28 bits per heavy atom. The lowest BCUT2D eigenvalue weighted by molar-refractivity contribution is 0.460. The van der Waals surface area contributed by atoms with Crippen molar-refractivity contribution in [3.8, 4) is 5.75 Å². The van der Waals surface area contributed by atoms with E-state index in [1.54, 1.807) is 18.4 Å². The van der Waals surface area contributed by atoms with Gasteiger partial charge >= 0.3 is 0 Å². The Morgan fingerprint density at radius 3 is 2.59 bits per heavy atom. The number of nitrogens with zero attached hydrogens (tertiary/aromatic N) is 2. The van der Waals surface area contributed by atoms with Gasteiger partial charge in [-0.2, -0.15) is 8.42 Å². The van der Waals surface area contributed by atoms with Crippen LogP contribution in [0.4, 0.5) is 11.4 Å². The van der Waals surface area contributed by atoms with Crippen molar-refractivity contribution in [3.05, 3.63) is 45.4 Å². The largest absolute Gasteiger partial charge is 0.507 e. The highest BCUT2D eigenvalue weighted by Gasteiger charge is 2.31. The maximum absolute atomic E-state index is 13.2. The number of amidine groups is 1. The molecule has 0 atom stereocenters. The smallest absolute Gasteiger partial charge is 0.286 e. The van der Waals surface area contributed by atoms with Gasteiger partial charge in [-0.25, -0.2) is 8.42 Å². The van der Waals surface area contributed by atoms with Gasteiger partial charge in [0.05, 0.1) is 11.9 Å². The molecule has 0 radical (unpaired) electrons. The van der Waals surface area contributed by atoms with Crippen LogP contribution in [-0.2, 0) is 26.6 Å². The zero-order valence-electron chi connectivity index (χ0n) is 17.8. The van der Waals surface area contributed by atoms with Gasteiger partial charge in [-0.1, -0.05) is 12.8 Å². The molecule has 2 aromatic rings. The van der Waals surface area contributed by atoms with Crippen molar-refractivity contribution in [1.29, 1.82) is 0 Å². The summed E-state index contributed by atoms with van der Waals surface area (Å²) in [4.78, 5) is 13.0. The van der Waals surface area contributed by atoms with Gasteiger partial charge in [0.15, 0.2) is 5.84 Å². The molecule has 1 aliphatic heterocycles. The third kappa shape index (κ3) is 4.24. The van der Waals surface area contributed by atoms with E-state index in [4.69, 9.17) is 0 Å². The van der Waals surface area contributed by atoms with Crippen molar-refractivity contribution < 1.29 is 21.9 Å². The molecular formula is C20H24N4O6S2. The lowest BCUT2D eigenvalue weighted by Crippen LogP contribution is -2.34. The second-order valence-electron chi connectivity index (χ2n) is 8.25. The van der Waals surface area contributed by atoms with E-state index in [9.17, 15) is 26.7 Å². The molecule has 1 saturated carbocycles. The van der Waals surface area contributed by atoms with Gasteiger partial charge in [0.25, 0.3) is 15.6 Å². The van der Waals surface area contributed by atoms with Crippen molar-refractivity contribution in [3.63, 3.8) is 0 Å². The molecule has 172 valence electrons. The van der Waals surface area contributed by atoms with Gasteiger partial charge in [0, 0.05) is 23.5 Å². The maximum Gasteiger partial charge on any atom is 0.286 e. The average Bonchev–Trinajstić information content (AvgIpc) is 3.50. The van der Waals surface area contributed by atoms with Crippen molar-refractivity contribution in [2.24, 2.45) is 10.3 Å². The van der Waals surface area contributed by atoms with E-state index in [1.165, 1.54) is 12.1 Å². The van der Waals surface area contributed by atoms with Crippen molar-refractivity contribution in [1.82, 2.24) is 4.57 Å². The predicted molar refractivity (Wildman–Crippen MR) is 121 cm³/mol. The molecule has 0 bridgehead atoms. The summed E-state index contributed by atoms with van der Waals surface area (Å²) < 4.78 is 56.2. The van der Waals surface area contributed by atoms with E-state index in [1.807, 2.05) is 0 Å². The second-order valence-corrected chi connectivity index (χ2v) is 11.6. The molecule has 12 heteroatoms. The number of pyridine rings is 1. The topological polar surface area (TPSA) is 147 Å². The summed E-state index contributed by atoms with van der Waals surface area (Å²) in [5.41, 5.74) is 0.536. The van der Waals surface area contributed by atoms with Crippen LogP contribution >= 0.6 is 0 Å². The van der Waals surface area contributed by atoms with Crippen LogP contribution in [0.2, 0.25) is 0 Å². The van der Waals surface area contributed by atoms with Gasteiger partial charge in [-0.3, -0.25) is 9.52 Å². The Hall–Kier alpha value is -2.86. The third-order valence-electron chi connectivity index (χ3n) is 5.72. The van der Waals surface area contributed by atoms with Crippen molar-refractivity contribution >= 4 is 37.3 Å². The summed E-state index contributed by atoms with van der Waals surface area (Å²) in [6, 6.07) is 3.91. The highest BCUT2D eigenvalue weighted by Crippen LogP contribution is 2.34. The summed E-state index contributed by atoms with van der Waals surface area (Å²) in [5, 5.41) is 13.5. The van der Waals surface area contributed by atoms with Crippen LogP contribution in [0.1, 0.15) is 36.1 Å². The van der Waals surface area contributed by atoms with Crippen molar-refractivity contribution in [2.45, 2.75) is 44.6 Å². The molecule has 1 aromatic heterocycles. The molecule has 2 aliphatic rings. The minimum absolute atomic E-state index is 0.0618. The first-order chi connectivity index (χ1) is 14.9. The summed E-state index contributed by atoms with van der Waals surface area (Å²) in [5.74, 6) is -0.00599. The predicted octanol–water partition coefficient (Wildman–Crippen LogP) is 1.90. The lowest BCUT2D eigenvalue weighted by atomic mass is 10.1. The van der Waals surface area contributed by atoms with Crippen LogP contribution in [-0.4, -0.2) is 38.6 Å². The number of fused-ring (bicyclic) bond motifs is 1. The first kappa shape index (κ1) is 22.3. The van der Waals surface area contributed by atoms with Crippen LogP contribution in [0.3, 0.4) is 0 Å². The van der Waals surface area contributed by atoms with E-state index in [2.05, 4.69) is 14.4 Å². The molecule has 1 fully saturated rings. The minimum atomic E-state index is -4.27. The summed E-state index contributed by atoms with van der Waals surface area (Å²) in [7, 11) is -7.88. The quantitative estimate of drug-likeness (QED) is 0.572. The number of benzene rings is 1. The van der Waals surface area contributed by atoms with Crippen LogP contribution in [0.5, 0.6) is 5.75 Å². The van der Waals surface area contributed by atoms with Crippen molar-refractivity contribution in [2.75, 3.05) is 16.3 Å². The molecule has 0 amide bonds. The third-order valence-corrected chi connectivity index (χ3v) is 7.64. The summed E-state index contributed by atoms with van der Waals surface area (Å²) >= 11 is 0. The lowest BCUT2D eigenvalue weighted by Gasteiger charge is -2.22. The number of hydrogen-bond acceptors (Lipinski definition) is 7. The monoisotopic (exact) mass is 480 g/mol. The molecule has 1 aromatic carbocycles. The molecule has 2 heterocycles. The number of sulfonamides is 2. The molecule has 4 rings (SSSR count). The standard InChI is InChI=1S/C20H24N4O6S2/c1-11-12(2)24(9-8-13-4-5-13)20(26)17(18(11)25)19-21-15-7-6-14(22-31(3,27)28)10-16(15)32(29,30)23-19/h6-7,10,13,22,25H,4-5,8-9H2,1-3H3,(H,21,23). The fourth-order valence-electron chi connectivity index (χ4n) is 3.70. The summed E-state index contributed by atoms with van der Waals surface area (Å²) in [6.45, 7) is 3.88. The zero-order valence-corrected chi connectivity index (χ0v) is 19.5. The Kier molecular flexibility index (Phi) is 5.32. The molecule has 0 unspecified atom stereocenters. The van der Waals surface area contributed by atoms with Crippen LogP contribution in [0.25, 0.3) is 0 Å². The van der Waals surface area contributed by atoms with Gasteiger partial charge in [-0.05, 0) is 44.4 Å². The minimum Gasteiger partial charge on any atom is -0.507 e. The van der Waals surface area contributed by atoms with Gasteiger partial charge < -0.3 is 15.0 Å². The van der Waals surface area contributed by atoms with Gasteiger partial charge in [-0.15, -0.1) is 4.40 Å². The van der Waals surface area contributed by atoms with E-state index in [-0.39, 0.29) is 33.4 Å². The van der Waals surface area contributed by atoms with E-state index >= 15 is 0 Å². The first-order valence-corrected chi connectivity index (χ1v) is 13.4. The Balaban J connectivity index is 1.80. The highest BCUT2D eigenvalue weighted by molar-refractivity contribution is 7.92. The van der Waals surface area contributed by atoms with E-state index in [0.29, 0.717) is 23.7 Å². The second kappa shape index (κ2) is 7.62. The van der Waals surface area contributed by atoms with E-state index < -0.39 is 25.6 Å². The maximum atomic E-state index is 13.2. The first-order valence-electron chi connectivity index (χ1n) is 10.0. The summed E-state index contributed by atoms with van der Waals surface area (Å²) in [6.07, 6.45) is 4.06. The molecule has 3 N–H and O–H groups in total. The SMILES string of the molecule is Cc1c(O)c(C2=NS(=O)(=O)c3cc(NS(C)(=O)=O)ccc3N2)c(=O)n(CCC2CC2)c1C. The molecule has 10 nitrogen and oxygen atoms in total. The normalized spacial score (nSPS) is 17.3. The molecule has 0 saturated heterocycles. The van der Waals surface area contributed by atoms with E-state index in [0.717, 1.165) is 31.6 Å². The van der Waals surface area contributed by atoms with Gasteiger partial charge in [0.1, 0.15) is 16.2 Å². The number of aromatic hydroxyl groups is 1. The Bertz CT molecular complexity index is 1420. The highest BCUT2D eigenvalue weighted by atomic mass is 32.2. The number of rotatable bonds is 6. The molecular weight excluding hydrogens is 456 g/mol. The zero-order chi connectivity index (χ0) is 23.4. The number of anilines is 2. The fourth-order valence-corrected chi connectivity index (χ4v) is 5.40. The average molecular weight is 481 g/mol. The number of hydrogen-bond donors (Lipinski definition) is 3. The Labute approximate surface area is 186 Å². The number of nitrogens with one attached hydrogen (secondary N) is 2. The van der Waals surface area contributed by atoms with Crippen LogP contribution < -0.4 is 15.6 Å². The van der Waals surface area contributed by atoms with Crippen LogP contribution in [0.15, 0.2) is 32.3 Å². The molecule has 1 aliphatic carbocycles. The Morgan fingerprint density at radius 2 is 1.97 bits per heavy atom. The van der Waals surface area contributed by atoms with Gasteiger partial charge in [0.2, 0.25) is 10.0 Å². The molecule has 32 heavy (non-hydrogen) atoms. The fraction of sp³-hybridized carbons (Fsp3) is 0.400. The molecule has 0 spiro atoms.